The highest BCUT2D eigenvalue weighted by Crippen LogP contribution is 2.18. The van der Waals surface area contributed by atoms with Gasteiger partial charge in [-0.2, -0.15) is 4.98 Å². The maximum absolute atomic E-state index is 5.78. The monoisotopic (exact) mass is 254 g/mol. The van der Waals surface area contributed by atoms with Gasteiger partial charge in [-0.15, -0.1) is 11.6 Å². The fraction of sp³-hybridized carbons (Fsp3) is 0.455. The van der Waals surface area contributed by atoms with Crippen molar-refractivity contribution in [3.8, 4) is 5.88 Å². The highest BCUT2D eigenvalue weighted by molar-refractivity contribution is 6.17. The van der Waals surface area contributed by atoms with Crippen molar-refractivity contribution in [3.05, 3.63) is 18.0 Å². The van der Waals surface area contributed by atoms with Crippen LogP contribution in [0.25, 0.3) is 11.2 Å². The number of pyridine rings is 1. The summed E-state index contributed by atoms with van der Waals surface area (Å²) in [5, 5.41) is 1.93. The van der Waals surface area contributed by atoms with Gasteiger partial charge in [0.2, 0.25) is 5.88 Å². The Hall–Kier alpha value is -1.49. The highest BCUT2D eigenvalue weighted by Gasteiger charge is 2.13. The lowest BCUT2D eigenvalue weighted by Crippen LogP contribution is -2.27. The molecule has 2 aromatic heterocycles. The predicted molar refractivity (Wildman–Crippen MR) is 68.6 cm³/mol. The number of alkyl halides is 1. The molecule has 2 rings (SSSR count). The molecular weight excluding hydrogens is 240 g/mol. The minimum Gasteiger partial charge on any atom is -0.481 e. The average Bonchev–Trinajstić information content (AvgIpc) is 2.66. The number of hydrogen-bond acceptors (Lipinski definition) is 4. The lowest BCUT2D eigenvalue weighted by Gasteiger charge is -2.17. The smallest absolute Gasteiger partial charge is 0.215 e. The molecule has 17 heavy (non-hydrogen) atoms. The molecule has 0 saturated heterocycles. The summed E-state index contributed by atoms with van der Waals surface area (Å²) in [5.74, 6) is 2.02. The van der Waals surface area contributed by atoms with E-state index in [2.05, 4.69) is 9.97 Å². The molecule has 0 aromatic carbocycles. The second-order valence-corrected chi connectivity index (χ2v) is 4.20. The van der Waals surface area contributed by atoms with Gasteiger partial charge in [0, 0.05) is 32.5 Å². The maximum Gasteiger partial charge on any atom is 0.215 e. The minimum atomic E-state index is 0.536. The molecule has 6 heteroatoms. The third-order valence-corrected chi connectivity index (χ3v) is 2.64. The topological polar surface area (TPSA) is 43.2 Å². The van der Waals surface area contributed by atoms with Gasteiger partial charge in [-0.3, -0.25) is 0 Å². The van der Waals surface area contributed by atoms with Gasteiger partial charge in [-0.05, 0) is 6.07 Å². The van der Waals surface area contributed by atoms with Crippen molar-refractivity contribution in [3.63, 3.8) is 0 Å². The largest absolute Gasteiger partial charge is 0.481 e. The number of methoxy groups -OCH3 is 1. The first-order chi connectivity index (χ1) is 8.17. The van der Waals surface area contributed by atoms with Crippen LogP contribution in [0, 0.1) is 0 Å². The Morgan fingerprint density at radius 3 is 2.71 bits per heavy atom. The van der Waals surface area contributed by atoms with Gasteiger partial charge >= 0.3 is 0 Å². The first-order valence-corrected chi connectivity index (χ1v) is 5.86. The molecule has 0 aliphatic rings. The predicted octanol–water partition coefficient (Wildman–Crippen LogP) is 1.42. The third-order valence-electron chi connectivity index (χ3n) is 2.45. The van der Waals surface area contributed by atoms with E-state index in [0.29, 0.717) is 18.2 Å². The summed E-state index contributed by atoms with van der Waals surface area (Å²) in [6.45, 7) is 0. The average molecular weight is 255 g/mol. The highest BCUT2D eigenvalue weighted by atomic mass is 35.5. The van der Waals surface area contributed by atoms with Gasteiger partial charge in [-0.25, -0.2) is 9.66 Å². The number of aryl methyl sites for hydroxylation is 1. The Kier molecular flexibility index (Phi) is 3.38. The summed E-state index contributed by atoms with van der Waals surface area (Å²) >= 11 is 5.78. The molecule has 0 aliphatic heterocycles. The van der Waals surface area contributed by atoms with Crippen LogP contribution in [0.2, 0.25) is 0 Å². The second-order valence-electron chi connectivity index (χ2n) is 3.82. The molecule has 0 amide bonds. The lowest BCUT2D eigenvalue weighted by molar-refractivity contribution is 0.399. The Morgan fingerprint density at radius 2 is 2.12 bits per heavy atom. The number of rotatable bonds is 4. The van der Waals surface area contributed by atoms with Crippen molar-refractivity contribution in [2.45, 2.75) is 6.42 Å². The molecule has 5 nitrogen and oxygen atoms in total. The Bertz CT molecular complexity index is 523. The first-order valence-electron chi connectivity index (χ1n) is 5.33. The van der Waals surface area contributed by atoms with E-state index >= 15 is 0 Å². The van der Waals surface area contributed by atoms with Gasteiger partial charge in [-0.1, -0.05) is 0 Å². The van der Waals surface area contributed by atoms with Gasteiger partial charge in [0.1, 0.15) is 11.3 Å². The molecule has 0 fully saturated rings. The number of halogens is 1. The van der Waals surface area contributed by atoms with E-state index in [4.69, 9.17) is 16.3 Å². The van der Waals surface area contributed by atoms with Gasteiger partial charge < -0.3 is 9.75 Å². The van der Waals surface area contributed by atoms with Gasteiger partial charge in [0.15, 0.2) is 5.65 Å². The van der Waals surface area contributed by atoms with E-state index < -0.39 is 0 Å². The molecular formula is C11H15ClN4O. The van der Waals surface area contributed by atoms with Crippen molar-refractivity contribution in [2.75, 3.05) is 32.1 Å². The van der Waals surface area contributed by atoms with Crippen LogP contribution in [-0.4, -0.2) is 41.7 Å². The molecule has 2 aromatic rings. The van der Waals surface area contributed by atoms with Crippen molar-refractivity contribution in [1.82, 2.24) is 14.6 Å². The zero-order valence-electron chi connectivity index (χ0n) is 10.1. The lowest BCUT2D eigenvalue weighted by atomic mass is 10.4. The number of ether oxygens (including phenoxy) is 1. The second kappa shape index (κ2) is 4.79. The summed E-state index contributed by atoms with van der Waals surface area (Å²) in [6, 6.07) is 3.71. The maximum atomic E-state index is 5.78. The fourth-order valence-corrected chi connectivity index (χ4v) is 1.92. The molecule has 0 radical (unpaired) electrons. The van der Waals surface area contributed by atoms with Crippen molar-refractivity contribution >= 4 is 22.8 Å². The molecule has 0 aliphatic carbocycles. The van der Waals surface area contributed by atoms with Crippen LogP contribution in [-0.2, 0) is 6.42 Å². The Balaban J connectivity index is 2.63. The normalized spacial score (nSPS) is 10.8. The Morgan fingerprint density at radius 1 is 1.35 bits per heavy atom. The molecule has 2 heterocycles. The summed E-state index contributed by atoms with van der Waals surface area (Å²) < 4.78 is 7.07. The summed E-state index contributed by atoms with van der Waals surface area (Å²) in [5.41, 5.74) is 1.63. The van der Waals surface area contributed by atoms with E-state index in [1.807, 2.05) is 29.8 Å². The quantitative estimate of drug-likeness (QED) is 0.774. The van der Waals surface area contributed by atoms with Crippen molar-refractivity contribution in [2.24, 2.45) is 0 Å². The van der Waals surface area contributed by atoms with E-state index in [9.17, 15) is 0 Å². The fourth-order valence-electron chi connectivity index (χ4n) is 1.76. The van der Waals surface area contributed by atoms with Gasteiger partial charge in [0.05, 0.1) is 7.11 Å². The number of fused-ring (bicyclic) bond motifs is 1. The third kappa shape index (κ3) is 2.15. The molecule has 0 saturated carbocycles. The van der Waals surface area contributed by atoms with Crippen LogP contribution in [0.4, 0.5) is 0 Å². The number of aromatic nitrogens is 3. The summed E-state index contributed by atoms with van der Waals surface area (Å²) in [7, 11) is 5.49. The summed E-state index contributed by atoms with van der Waals surface area (Å²) in [6.07, 6.45) is 0.707. The Labute approximate surface area is 105 Å². The first kappa shape index (κ1) is 12.0. The van der Waals surface area contributed by atoms with Crippen LogP contribution >= 0.6 is 11.6 Å². The van der Waals surface area contributed by atoms with E-state index in [0.717, 1.165) is 17.0 Å². The molecule has 0 unspecified atom stereocenters. The van der Waals surface area contributed by atoms with Crippen LogP contribution in [0.1, 0.15) is 5.82 Å². The standard InChI is InChI=1S/C11H15ClN4O/c1-15(2)16-9(6-7-12)13-8-4-5-10(17-3)14-11(8)16/h4-5H,6-7H2,1-3H3. The van der Waals surface area contributed by atoms with Crippen molar-refractivity contribution < 1.29 is 4.74 Å². The molecule has 0 atom stereocenters. The van der Waals surface area contributed by atoms with E-state index in [1.54, 1.807) is 13.2 Å². The zero-order valence-corrected chi connectivity index (χ0v) is 10.9. The molecule has 0 spiro atoms. The number of imidazole rings is 1. The molecule has 0 bridgehead atoms. The number of nitrogens with zero attached hydrogens (tertiary/aromatic N) is 4. The van der Waals surface area contributed by atoms with Gasteiger partial charge in [0.25, 0.3) is 0 Å². The van der Waals surface area contributed by atoms with E-state index in [-0.39, 0.29) is 0 Å². The summed E-state index contributed by atoms with van der Waals surface area (Å²) in [4.78, 5) is 8.93. The minimum absolute atomic E-state index is 0.536. The van der Waals surface area contributed by atoms with Crippen molar-refractivity contribution in [1.29, 1.82) is 0 Å². The number of hydrogen-bond donors (Lipinski definition) is 0. The zero-order chi connectivity index (χ0) is 12.4. The van der Waals surface area contributed by atoms with Crippen LogP contribution in [0.3, 0.4) is 0 Å². The van der Waals surface area contributed by atoms with Crippen LogP contribution in [0.15, 0.2) is 12.1 Å². The van der Waals surface area contributed by atoms with Crippen LogP contribution < -0.4 is 9.75 Å². The molecule has 0 N–H and O–H groups in total. The van der Waals surface area contributed by atoms with Crippen LogP contribution in [0.5, 0.6) is 5.88 Å². The molecule has 92 valence electrons. The van der Waals surface area contributed by atoms with E-state index in [1.165, 1.54) is 0 Å². The SMILES string of the molecule is COc1ccc2nc(CCCl)n(N(C)C)c2n1.